The van der Waals surface area contributed by atoms with Gasteiger partial charge in [-0.15, -0.1) is 0 Å². The van der Waals surface area contributed by atoms with Crippen molar-refractivity contribution in [1.82, 2.24) is 4.98 Å². The Bertz CT molecular complexity index is 511. The zero-order valence-corrected chi connectivity index (χ0v) is 10.6. The van der Waals surface area contributed by atoms with Crippen LogP contribution in [0.2, 0.25) is 0 Å². The number of hydrogen-bond acceptors (Lipinski definition) is 4. The molecule has 4 nitrogen and oxygen atoms in total. The van der Waals surface area contributed by atoms with E-state index in [4.69, 9.17) is 10.5 Å². The van der Waals surface area contributed by atoms with Gasteiger partial charge in [-0.1, -0.05) is 0 Å². The third-order valence-electron chi connectivity index (χ3n) is 2.88. The number of rotatable bonds is 4. The van der Waals surface area contributed by atoms with Gasteiger partial charge in [0.15, 0.2) is 0 Å². The van der Waals surface area contributed by atoms with Gasteiger partial charge < -0.3 is 15.4 Å². The molecule has 0 atom stereocenters. The first kappa shape index (κ1) is 12.4. The highest BCUT2D eigenvalue weighted by Crippen LogP contribution is 2.27. The molecule has 0 spiro atoms. The molecular weight excluding hydrogens is 226 g/mol. The Labute approximate surface area is 107 Å². The smallest absolute Gasteiger partial charge is 0.119 e. The van der Waals surface area contributed by atoms with Crippen LogP contribution in [0.4, 0.5) is 11.4 Å². The summed E-state index contributed by atoms with van der Waals surface area (Å²) in [6.45, 7) is 0.427. The van der Waals surface area contributed by atoms with E-state index in [1.54, 1.807) is 13.3 Å². The highest BCUT2D eigenvalue weighted by Gasteiger charge is 2.08. The van der Waals surface area contributed by atoms with Gasteiger partial charge in [0.25, 0.3) is 0 Å². The Balaban J connectivity index is 2.31. The van der Waals surface area contributed by atoms with Crippen molar-refractivity contribution in [3.63, 3.8) is 0 Å². The second-order valence-electron chi connectivity index (χ2n) is 3.93. The minimum Gasteiger partial charge on any atom is -0.497 e. The van der Waals surface area contributed by atoms with Gasteiger partial charge in [-0.25, -0.2) is 0 Å². The van der Waals surface area contributed by atoms with Gasteiger partial charge in [0.2, 0.25) is 0 Å². The van der Waals surface area contributed by atoms with Gasteiger partial charge >= 0.3 is 0 Å². The molecule has 0 saturated carbocycles. The van der Waals surface area contributed by atoms with E-state index in [1.807, 2.05) is 43.4 Å². The zero-order chi connectivity index (χ0) is 13.0. The minimum absolute atomic E-state index is 0.427. The molecule has 0 aliphatic carbocycles. The lowest BCUT2D eigenvalue weighted by Gasteiger charge is -2.21. The minimum atomic E-state index is 0.427. The van der Waals surface area contributed by atoms with Crippen LogP contribution in [0.5, 0.6) is 5.75 Å². The van der Waals surface area contributed by atoms with Crippen molar-refractivity contribution in [2.45, 2.75) is 6.54 Å². The van der Waals surface area contributed by atoms with Crippen LogP contribution in [0.25, 0.3) is 0 Å². The number of nitrogens with two attached hydrogens (primary N) is 1. The number of ether oxygens (including phenoxy) is 1. The van der Waals surface area contributed by atoms with Crippen LogP contribution in [0, 0.1) is 0 Å². The Morgan fingerprint density at radius 1 is 1.22 bits per heavy atom. The average Bonchev–Trinajstić information content (AvgIpc) is 2.46. The lowest BCUT2D eigenvalue weighted by atomic mass is 10.2. The third-order valence-corrected chi connectivity index (χ3v) is 2.88. The quantitative estimate of drug-likeness (QED) is 0.895. The maximum atomic E-state index is 5.70. The van der Waals surface area contributed by atoms with Gasteiger partial charge in [-0.2, -0.15) is 0 Å². The molecule has 94 valence electrons. The fourth-order valence-electron chi connectivity index (χ4n) is 1.84. The standard InChI is InChI=1S/C14H17N3O/c1-17(11-5-7-12(18-2)8-6-11)14-4-3-9-16-13(14)10-15/h3-9H,10,15H2,1-2H3. The summed E-state index contributed by atoms with van der Waals surface area (Å²) in [5.41, 5.74) is 8.67. The first-order chi connectivity index (χ1) is 8.76. The topological polar surface area (TPSA) is 51.4 Å². The SMILES string of the molecule is COc1ccc(N(C)c2cccnc2CN)cc1. The molecule has 0 fully saturated rings. The van der Waals surface area contributed by atoms with E-state index in [0.29, 0.717) is 6.54 Å². The van der Waals surface area contributed by atoms with Crippen molar-refractivity contribution in [2.24, 2.45) is 5.73 Å². The van der Waals surface area contributed by atoms with Gasteiger partial charge in [0.1, 0.15) is 5.75 Å². The normalized spacial score (nSPS) is 10.2. The highest BCUT2D eigenvalue weighted by atomic mass is 16.5. The van der Waals surface area contributed by atoms with Crippen LogP contribution < -0.4 is 15.4 Å². The van der Waals surface area contributed by atoms with E-state index in [0.717, 1.165) is 22.8 Å². The van der Waals surface area contributed by atoms with E-state index < -0.39 is 0 Å². The van der Waals surface area contributed by atoms with Gasteiger partial charge in [-0.3, -0.25) is 4.98 Å². The average molecular weight is 243 g/mol. The number of hydrogen-bond donors (Lipinski definition) is 1. The summed E-state index contributed by atoms with van der Waals surface area (Å²) in [4.78, 5) is 6.35. The van der Waals surface area contributed by atoms with E-state index in [1.165, 1.54) is 0 Å². The molecule has 0 aliphatic rings. The number of methoxy groups -OCH3 is 1. The van der Waals surface area contributed by atoms with Crippen LogP contribution in [-0.4, -0.2) is 19.1 Å². The molecule has 0 saturated heterocycles. The molecule has 1 heterocycles. The molecule has 1 aromatic heterocycles. The summed E-state index contributed by atoms with van der Waals surface area (Å²) in [7, 11) is 3.66. The van der Waals surface area contributed by atoms with Gasteiger partial charge in [0.05, 0.1) is 18.5 Å². The van der Waals surface area contributed by atoms with Crippen LogP contribution in [-0.2, 0) is 6.54 Å². The summed E-state index contributed by atoms with van der Waals surface area (Å²) < 4.78 is 5.15. The first-order valence-electron chi connectivity index (χ1n) is 5.78. The first-order valence-corrected chi connectivity index (χ1v) is 5.78. The summed E-state index contributed by atoms with van der Waals surface area (Å²) in [6.07, 6.45) is 1.76. The predicted molar refractivity (Wildman–Crippen MR) is 73.2 cm³/mol. The molecular formula is C14H17N3O. The highest BCUT2D eigenvalue weighted by molar-refractivity contribution is 5.64. The zero-order valence-electron chi connectivity index (χ0n) is 10.6. The molecule has 0 bridgehead atoms. The van der Waals surface area contributed by atoms with Crippen molar-refractivity contribution in [2.75, 3.05) is 19.1 Å². The lowest BCUT2D eigenvalue weighted by molar-refractivity contribution is 0.415. The molecule has 1 aromatic carbocycles. The Morgan fingerprint density at radius 3 is 2.56 bits per heavy atom. The van der Waals surface area contributed by atoms with Crippen LogP contribution >= 0.6 is 0 Å². The van der Waals surface area contributed by atoms with Crippen molar-refractivity contribution in [3.8, 4) is 5.75 Å². The molecule has 2 N–H and O–H groups in total. The van der Waals surface area contributed by atoms with Crippen molar-refractivity contribution < 1.29 is 4.74 Å². The molecule has 0 radical (unpaired) electrons. The largest absolute Gasteiger partial charge is 0.497 e. The number of benzene rings is 1. The summed E-state index contributed by atoms with van der Waals surface area (Å²) in [5, 5.41) is 0. The van der Waals surface area contributed by atoms with E-state index >= 15 is 0 Å². The second-order valence-corrected chi connectivity index (χ2v) is 3.93. The monoisotopic (exact) mass is 243 g/mol. The van der Waals surface area contributed by atoms with E-state index in [-0.39, 0.29) is 0 Å². The number of nitrogens with zero attached hydrogens (tertiary/aromatic N) is 2. The molecule has 0 unspecified atom stereocenters. The molecule has 2 aromatic rings. The Kier molecular flexibility index (Phi) is 3.79. The van der Waals surface area contributed by atoms with Gasteiger partial charge in [-0.05, 0) is 36.4 Å². The van der Waals surface area contributed by atoms with Crippen molar-refractivity contribution in [3.05, 3.63) is 48.3 Å². The van der Waals surface area contributed by atoms with Crippen molar-refractivity contribution >= 4 is 11.4 Å². The fraction of sp³-hybridized carbons (Fsp3) is 0.214. The van der Waals surface area contributed by atoms with Gasteiger partial charge in [0, 0.05) is 25.5 Å². The molecule has 0 aliphatic heterocycles. The molecule has 2 rings (SSSR count). The lowest BCUT2D eigenvalue weighted by Crippen LogP contribution is -2.14. The molecule has 4 heteroatoms. The van der Waals surface area contributed by atoms with E-state index in [9.17, 15) is 0 Å². The number of aromatic nitrogens is 1. The molecule has 18 heavy (non-hydrogen) atoms. The Morgan fingerprint density at radius 2 is 1.94 bits per heavy atom. The van der Waals surface area contributed by atoms with Crippen molar-refractivity contribution in [1.29, 1.82) is 0 Å². The second kappa shape index (κ2) is 5.51. The van der Waals surface area contributed by atoms with E-state index in [2.05, 4.69) is 9.88 Å². The summed E-state index contributed by atoms with van der Waals surface area (Å²) in [6, 6.07) is 11.8. The number of anilines is 2. The summed E-state index contributed by atoms with van der Waals surface area (Å²) >= 11 is 0. The third kappa shape index (κ3) is 2.43. The number of pyridine rings is 1. The van der Waals surface area contributed by atoms with Crippen LogP contribution in [0.15, 0.2) is 42.6 Å². The predicted octanol–water partition coefficient (Wildman–Crippen LogP) is 2.32. The maximum Gasteiger partial charge on any atom is 0.119 e. The summed E-state index contributed by atoms with van der Waals surface area (Å²) in [5.74, 6) is 0.845. The van der Waals surface area contributed by atoms with Crippen LogP contribution in [0.1, 0.15) is 5.69 Å². The maximum absolute atomic E-state index is 5.70. The van der Waals surface area contributed by atoms with Crippen LogP contribution in [0.3, 0.4) is 0 Å². The fourth-order valence-corrected chi connectivity index (χ4v) is 1.84. The Hall–Kier alpha value is -2.07. The molecule has 0 amide bonds.